The molecule has 2 heterocycles. The quantitative estimate of drug-likeness (QED) is 0.477. The van der Waals surface area contributed by atoms with Gasteiger partial charge in [0.15, 0.2) is 0 Å². The van der Waals surface area contributed by atoms with Crippen LogP contribution in [0.5, 0.6) is 0 Å². The number of carbonyl (C=O) groups is 1. The molecule has 1 aliphatic heterocycles. The van der Waals surface area contributed by atoms with Crippen LogP contribution in [-0.2, 0) is 5.54 Å². The summed E-state index contributed by atoms with van der Waals surface area (Å²) in [5.74, 6) is 0. The van der Waals surface area contributed by atoms with Gasteiger partial charge in [0.2, 0.25) is 0 Å². The molecule has 2 aromatic rings. The van der Waals surface area contributed by atoms with Gasteiger partial charge < -0.3 is 5.73 Å². The number of unbranched alkanes of at least 4 members (excludes halogenated alkanes) is 1. The van der Waals surface area contributed by atoms with Crippen molar-refractivity contribution >= 4 is 12.1 Å². The van der Waals surface area contributed by atoms with Crippen LogP contribution in [0.1, 0.15) is 24.8 Å². The van der Waals surface area contributed by atoms with E-state index in [0.29, 0.717) is 11.5 Å². The molecule has 24 heavy (non-hydrogen) atoms. The lowest BCUT2D eigenvalue weighted by Crippen LogP contribution is -2.33. The number of primary amides is 1. The van der Waals surface area contributed by atoms with Crippen LogP contribution in [0.3, 0.4) is 0 Å². The second-order valence-corrected chi connectivity index (χ2v) is 5.90. The summed E-state index contributed by atoms with van der Waals surface area (Å²) in [4.78, 5) is 20.0. The van der Waals surface area contributed by atoms with E-state index in [1.165, 1.54) is 0 Å². The highest BCUT2D eigenvalue weighted by Crippen LogP contribution is 2.33. The predicted octanol–water partition coefficient (Wildman–Crippen LogP) is 1.33. The van der Waals surface area contributed by atoms with E-state index in [2.05, 4.69) is 17.1 Å². The molecule has 2 amide bonds. The summed E-state index contributed by atoms with van der Waals surface area (Å²) in [5.41, 5.74) is 5.60. The summed E-state index contributed by atoms with van der Waals surface area (Å²) < 4.78 is 0. The number of hydroxylamine groups is 2. The van der Waals surface area contributed by atoms with E-state index < -0.39 is 11.6 Å². The zero-order valence-electron chi connectivity index (χ0n) is 13.3. The second-order valence-electron chi connectivity index (χ2n) is 5.90. The molecule has 1 aliphatic rings. The molecule has 0 spiro atoms. The van der Waals surface area contributed by atoms with E-state index in [9.17, 15) is 10.0 Å². The number of carbonyl (C=O) groups excluding carboxylic acids is 1. The minimum absolute atomic E-state index is 0.214. The largest absolute Gasteiger partial charge is 0.350 e. The number of hydrogen-bond acceptors (Lipinski definition) is 4. The van der Waals surface area contributed by atoms with Crippen molar-refractivity contribution in [1.82, 2.24) is 10.0 Å². The number of urea groups is 1. The van der Waals surface area contributed by atoms with E-state index in [1.807, 2.05) is 36.5 Å². The molecule has 124 valence electrons. The molecule has 3 N–H and O–H groups in total. The van der Waals surface area contributed by atoms with Gasteiger partial charge >= 0.3 is 6.03 Å². The highest BCUT2D eigenvalue weighted by Gasteiger charge is 2.31. The van der Waals surface area contributed by atoms with Crippen LogP contribution < -0.4 is 16.3 Å². The van der Waals surface area contributed by atoms with Crippen molar-refractivity contribution in [2.75, 3.05) is 6.54 Å². The fourth-order valence-electron chi connectivity index (χ4n) is 3.02. The topological polar surface area (TPSA) is 91.8 Å². The summed E-state index contributed by atoms with van der Waals surface area (Å²) in [7, 11) is 0. The minimum atomic E-state index is -0.832. The number of hydrogen-bond donors (Lipinski definition) is 2. The Bertz CT molecular complexity index is 801. The Morgan fingerprint density at radius 1 is 1.21 bits per heavy atom. The molecule has 0 aliphatic carbocycles. The number of pyridine rings is 1. The zero-order valence-corrected chi connectivity index (χ0v) is 13.3. The van der Waals surface area contributed by atoms with Crippen LogP contribution in [0, 0.1) is 0 Å². The van der Waals surface area contributed by atoms with Gasteiger partial charge in [-0.15, -0.1) is 0 Å². The maximum absolute atomic E-state index is 10.8. The minimum Gasteiger partial charge on any atom is -0.350 e. The number of benzene rings is 1. The Hall–Kier alpha value is -2.73. The van der Waals surface area contributed by atoms with Crippen LogP contribution in [-0.4, -0.2) is 27.8 Å². The zero-order chi connectivity index (χ0) is 17.0. The lowest BCUT2D eigenvalue weighted by Gasteiger charge is -2.25. The van der Waals surface area contributed by atoms with Gasteiger partial charge in [-0.2, -0.15) is 0 Å². The van der Waals surface area contributed by atoms with Crippen LogP contribution in [0.25, 0.3) is 6.08 Å². The Morgan fingerprint density at radius 3 is 2.75 bits per heavy atom. The number of para-hydroxylation sites is 1. The lowest BCUT2D eigenvalue weighted by molar-refractivity contribution is -0.0404. The molecule has 0 saturated carbocycles. The number of fused-ring (bicyclic) bond motifs is 1. The van der Waals surface area contributed by atoms with Crippen LogP contribution in [0.15, 0.2) is 53.8 Å². The first-order valence-corrected chi connectivity index (χ1v) is 7.95. The van der Waals surface area contributed by atoms with E-state index in [1.54, 1.807) is 6.20 Å². The summed E-state index contributed by atoms with van der Waals surface area (Å²) in [5, 5.41) is 12.0. The molecule has 0 bridgehead atoms. The number of rotatable bonds is 6. The van der Waals surface area contributed by atoms with Crippen LogP contribution >= 0.6 is 0 Å². The second kappa shape index (κ2) is 6.80. The van der Waals surface area contributed by atoms with Crippen molar-refractivity contribution < 1.29 is 10.0 Å². The fourth-order valence-corrected chi connectivity index (χ4v) is 3.02. The molecule has 0 saturated heterocycles. The van der Waals surface area contributed by atoms with E-state index in [-0.39, 0.29) is 6.54 Å². The van der Waals surface area contributed by atoms with Crippen molar-refractivity contribution in [2.24, 2.45) is 10.7 Å². The first-order chi connectivity index (χ1) is 11.6. The normalized spacial score (nSPS) is 18.4. The molecule has 1 unspecified atom stereocenters. The molecule has 0 fully saturated rings. The third-order valence-electron chi connectivity index (χ3n) is 4.24. The maximum atomic E-state index is 10.8. The third kappa shape index (κ3) is 3.28. The molecule has 6 nitrogen and oxygen atoms in total. The van der Waals surface area contributed by atoms with E-state index in [0.717, 1.165) is 29.0 Å². The smallest absolute Gasteiger partial charge is 0.338 e. The lowest BCUT2D eigenvalue weighted by atomic mass is 9.86. The van der Waals surface area contributed by atoms with E-state index >= 15 is 0 Å². The molecular formula is C18H20N4O2. The molecular weight excluding hydrogens is 304 g/mol. The first-order valence-electron chi connectivity index (χ1n) is 7.95. The van der Waals surface area contributed by atoms with Gasteiger partial charge in [-0.05, 0) is 42.7 Å². The highest BCUT2D eigenvalue weighted by atomic mass is 16.5. The summed E-state index contributed by atoms with van der Waals surface area (Å²) in [6, 6.07) is 11.1. The molecule has 3 rings (SSSR count). The average molecular weight is 324 g/mol. The predicted molar refractivity (Wildman–Crippen MR) is 89.5 cm³/mol. The SMILES string of the molecule is NC(=O)N(O)CCCCC1(c2cccnc2)C=c2ccccc2=N1. The highest BCUT2D eigenvalue weighted by molar-refractivity contribution is 5.70. The maximum Gasteiger partial charge on any atom is 0.338 e. The van der Waals surface area contributed by atoms with Crippen molar-refractivity contribution in [1.29, 1.82) is 0 Å². The van der Waals surface area contributed by atoms with Crippen molar-refractivity contribution in [3.8, 4) is 0 Å². The molecule has 6 heteroatoms. The number of aromatic nitrogens is 1. The van der Waals surface area contributed by atoms with Crippen molar-refractivity contribution in [2.45, 2.75) is 24.8 Å². The standard InChI is InChI=1S/C18H20N4O2/c19-17(23)22(24)11-4-3-9-18(15-7-5-10-20-13-15)12-14-6-1-2-8-16(14)21-18/h1-2,5-8,10,12-13,24H,3-4,9,11H2,(H2,19,23). The van der Waals surface area contributed by atoms with Crippen LogP contribution in [0.2, 0.25) is 0 Å². The van der Waals surface area contributed by atoms with Crippen molar-refractivity contribution in [3.05, 3.63) is 64.9 Å². The van der Waals surface area contributed by atoms with Gasteiger partial charge in [0.05, 0.1) is 11.9 Å². The van der Waals surface area contributed by atoms with Gasteiger partial charge in [0.1, 0.15) is 5.54 Å². The Kier molecular flexibility index (Phi) is 4.57. The molecule has 1 aromatic carbocycles. The number of amides is 2. The average Bonchev–Trinajstić information content (AvgIpc) is 2.99. The summed E-state index contributed by atoms with van der Waals surface area (Å²) in [6.45, 7) is 0.214. The summed E-state index contributed by atoms with van der Waals surface area (Å²) in [6.07, 6.45) is 7.95. The Morgan fingerprint density at radius 2 is 2.04 bits per heavy atom. The fraction of sp³-hybridized carbons (Fsp3) is 0.278. The van der Waals surface area contributed by atoms with Gasteiger partial charge in [0.25, 0.3) is 0 Å². The summed E-state index contributed by atoms with van der Waals surface area (Å²) >= 11 is 0. The third-order valence-corrected chi connectivity index (χ3v) is 4.24. The number of nitrogens with zero attached hydrogens (tertiary/aromatic N) is 3. The Balaban J connectivity index is 1.81. The van der Waals surface area contributed by atoms with Gasteiger partial charge in [0, 0.05) is 18.0 Å². The van der Waals surface area contributed by atoms with Crippen LogP contribution in [0.4, 0.5) is 4.79 Å². The number of nitrogens with two attached hydrogens (primary N) is 1. The van der Waals surface area contributed by atoms with Gasteiger partial charge in [-0.1, -0.05) is 24.3 Å². The van der Waals surface area contributed by atoms with Gasteiger partial charge in [-0.25, -0.2) is 9.86 Å². The molecule has 0 radical (unpaired) electrons. The monoisotopic (exact) mass is 324 g/mol. The van der Waals surface area contributed by atoms with Gasteiger partial charge in [-0.3, -0.25) is 15.2 Å². The first kappa shape index (κ1) is 16.1. The molecule has 1 atom stereocenters. The van der Waals surface area contributed by atoms with Crippen molar-refractivity contribution in [3.63, 3.8) is 0 Å². The van der Waals surface area contributed by atoms with E-state index in [4.69, 9.17) is 10.7 Å². The Labute approximate surface area is 139 Å². The molecule has 1 aromatic heterocycles.